The van der Waals surface area contributed by atoms with E-state index in [4.69, 9.17) is 0 Å². The number of likely N-dealkylation sites (N-methyl/N-ethyl adjacent to an activating group) is 1. The van der Waals surface area contributed by atoms with Crippen LogP contribution in [0.1, 0.15) is 27.7 Å². The van der Waals surface area contributed by atoms with E-state index in [0.29, 0.717) is 19.0 Å². The third kappa shape index (κ3) is 7.40. The zero-order valence-corrected chi connectivity index (χ0v) is 11.0. The summed E-state index contributed by atoms with van der Waals surface area (Å²) in [5, 5.41) is 2.82. The van der Waals surface area contributed by atoms with Crippen molar-refractivity contribution in [1.82, 2.24) is 10.2 Å². The second kappa shape index (κ2) is 7.39. The molecule has 0 aromatic carbocycles. The standard InChI is InChI=1S/C12H24N2O2/c1-9(2)6-13-12(16)8-14(5)7-11(15)10(3)4/h9-10H,6-8H2,1-5H3,(H,13,16). The molecule has 0 bridgehead atoms. The molecule has 0 fully saturated rings. The first kappa shape index (κ1) is 15.1. The first-order chi connectivity index (χ1) is 7.32. The van der Waals surface area contributed by atoms with Crippen molar-refractivity contribution >= 4 is 11.7 Å². The van der Waals surface area contributed by atoms with Crippen molar-refractivity contribution in [2.24, 2.45) is 11.8 Å². The number of nitrogens with zero attached hydrogens (tertiary/aromatic N) is 1. The first-order valence-electron chi connectivity index (χ1n) is 5.80. The largest absolute Gasteiger partial charge is 0.355 e. The van der Waals surface area contributed by atoms with E-state index in [2.05, 4.69) is 5.32 Å². The van der Waals surface area contributed by atoms with Gasteiger partial charge in [0.2, 0.25) is 5.91 Å². The summed E-state index contributed by atoms with van der Waals surface area (Å²) in [4.78, 5) is 24.6. The third-order valence-electron chi connectivity index (χ3n) is 2.19. The van der Waals surface area contributed by atoms with Gasteiger partial charge in [-0.3, -0.25) is 14.5 Å². The SMILES string of the molecule is CC(C)CNC(=O)CN(C)CC(=O)C(C)C. The number of carbonyl (C=O) groups is 2. The highest BCUT2D eigenvalue weighted by Gasteiger charge is 2.12. The molecule has 16 heavy (non-hydrogen) atoms. The van der Waals surface area contributed by atoms with E-state index >= 15 is 0 Å². The molecule has 0 saturated carbocycles. The van der Waals surface area contributed by atoms with Crippen LogP contribution in [0, 0.1) is 11.8 Å². The lowest BCUT2D eigenvalue weighted by Crippen LogP contribution is -2.39. The molecule has 0 aromatic heterocycles. The van der Waals surface area contributed by atoms with E-state index < -0.39 is 0 Å². The van der Waals surface area contributed by atoms with E-state index in [9.17, 15) is 9.59 Å². The fourth-order valence-corrected chi connectivity index (χ4v) is 1.12. The zero-order chi connectivity index (χ0) is 12.7. The lowest BCUT2D eigenvalue weighted by molar-refractivity contribution is -0.125. The molecule has 0 aliphatic heterocycles. The highest BCUT2D eigenvalue weighted by Crippen LogP contribution is 1.96. The van der Waals surface area contributed by atoms with Gasteiger partial charge in [-0.05, 0) is 13.0 Å². The van der Waals surface area contributed by atoms with Crippen molar-refractivity contribution < 1.29 is 9.59 Å². The average molecular weight is 228 g/mol. The number of hydrogen-bond donors (Lipinski definition) is 1. The Morgan fingerprint density at radius 2 is 1.69 bits per heavy atom. The van der Waals surface area contributed by atoms with Gasteiger partial charge in [-0.2, -0.15) is 0 Å². The number of rotatable bonds is 7. The second-order valence-corrected chi connectivity index (χ2v) is 4.99. The molecular formula is C12H24N2O2. The van der Waals surface area contributed by atoms with Crippen molar-refractivity contribution in [1.29, 1.82) is 0 Å². The fourth-order valence-electron chi connectivity index (χ4n) is 1.12. The third-order valence-corrected chi connectivity index (χ3v) is 2.19. The molecule has 4 heteroatoms. The number of hydrogen-bond acceptors (Lipinski definition) is 3. The minimum Gasteiger partial charge on any atom is -0.355 e. The lowest BCUT2D eigenvalue weighted by atomic mass is 10.1. The maximum atomic E-state index is 11.4. The van der Waals surface area contributed by atoms with Crippen molar-refractivity contribution in [3.05, 3.63) is 0 Å². The Hall–Kier alpha value is -0.900. The smallest absolute Gasteiger partial charge is 0.234 e. The zero-order valence-electron chi connectivity index (χ0n) is 11.0. The Morgan fingerprint density at radius 3 is 2.12 bits per heavy atom. The van der Waals surface area contributed by atoms with E-state index in [1.54, 1.807) is 11.9 Å². The minimum absolute atomic E-state index is 0.0206. The summed E-state index contributed by atoms with van der Waals surface area (Å²) in [5.74, 6) is 0.625. The summed E-state index contributed by atoms with van der Waals surface area (Å²) in [6.45, 7) is 9.14. The van der Waals surface area contributed by atoms with Gasteiger partial charge in [-0.25, -0.2) is 0 Å². The highest BCUT2D eigenvalue weighted by molar-refractivity contribution is 5.83. The van der Waals surface area contributed by atoms with Gasteiger partial charge < -0.3 is 5.32 Å². The average Bonchev–Trinajstić information content (AvgIpc) is 2.14. The van der Waals surface area contributed by atoms with E-state index in [0.717, 1.165) is 0 Å². The molecule has 94 valence electrons. The maximum absolute atomic E-state index is 11.4. The van der Waals surface area contributed by atoms with Gasteiger partial charge in [0.1, 0.15) is 5.78 Å². The molecule has 4 nitrogen and oxygen atoms in total. The van der Waals surface area contributed by atoms with E-state index in [-0.39, 0.29) is 24.2 Å². The monoisotopic (exact) mass is 228 g/mol. The van der Waals surface area contributed by atoms with Crippen molar-refractivity contribution in [2.75, 3.05) is 26.7 Å². The Labute approximate surface area is 98.4 Å². The molecular weight excluding hydrogens is 204 g/mol. The number of carbonyl (C=O) groups excluding carboxylic acids is 2. The van der Waals surface area contributed by atoms with Crippen LogP contribution in [0.25, 0.3) is 0 Å². The second-order valence-electron chi connectivity index (χ2n) is 4.99. The van der Waals surface area contributed by atoms with Crippen LogP contribution >= 0.6 is 0 Å². The van der Waals surface area contributed by atoms with Crippen LogP contribution in [0.3, 0.4) is 0 Å². The first-order valence-corrected chi connectivity index (χ1v) is 5.80. The quantitative estimate of drug-likeness (QED) is 0.705. The highest BCUT2D eigenvalue weighted by atomic mass is 16.2. The number of amides is 1. The van der Waals surface area contributed by atoms with Gasteiger partial charge in [0.15, 0.2) is 0 Å². The van der Waals surface area contributed by atoms with Crippen molar-refractivity contribution in [3.63, 3.8) is 0 Å². The molecule has 0 spiro atoms. The molecule has 0 radical (unpaired) electrons. The summed E-state index contributed by atoms with van der Waals surface area (Å²) < 4.78 is 0. The number of Topliss-reactive ketones (excluding diaryl/α,β-unsaturated/α-hetero) is 1. The maximum Gasteiger partial charge on any atom is 0.234 e. The van der Waals surface area contributed by atoms with Crippen LogP contribution in [-0.2, 0) is 9.59 Å². The van der Waals surface area contributed by atoms with Crippen LogP contribution in [0.4, 0.5) is 0 Å². The van der Waals surface area contributed by atoms with Crippen molar-refractivity contribution in [3.8, 4) is 0 Å². The molecule has 0 rings (SSSR count). The normalized spacial score (nSPS) is 11.2. The lowest BCUT2D eigenvalue weighted by Gasteiger charge is -2.17. The molecule has 0 unspecified atom stereocenters. The van der Waals surface area contributed by atoms with Crippen LogP contribution in [0.5, 0.6) is 0 Å². The van der Waals surface area contributed by atoms with Gasteiger partial charge in [0.05, 0.1) is 13.1 Å². The van der Waals surface area contributed by atoms with Crippen LogP contribution in [0.2, 0.25) is 0 Å². The topological polar surface area (TPSA) is 49.4 Å². The predicted molar refractivity (Wildman–Crippen MR) is 65.2 cm³/mol. The molecule has 1 amide bonds. The van der Waals surface area contributed by atoms with Crippen LogP contribution in [0.15, 0.2) is 0 Å². The summed E-state index contributed by atoms with van der Waals surface area (Å²) in [7, 11) is 1.79. The number of ketones is 1. The Bertz CT molecular complexity index is 237. The molecule has 1 N–H and O–H groups in total. The molecule has 0 aromatic rings. The summed E-state index contributed by atoms with van der Waals surface area (Å²) in [5.41, 5.74) is 0. The van der Waals surface area contributed by atoms with Crippen LogP contribution in [-0.4, -0.2) is 43.3 Å². The Morgan fingerprint density at radius 1 is 1.12 bits per heavy atom. The predicted octanol–water partition coefficient (Wildman–Crippen LogP) is 0.915. The van der Waals surface area contributed by atoms with Gasteiger partial charge in [-0.15, -0.1) is 0 Å². The minimum atomic E-state index is -0.0206. The molecule has 0 aliphatic carbocycles. The summed E-state index contributed by atoms with van der Waals surface area (Å²) in [6, 6.07) is 0. The molecule has 0 saturated heterocycles. The van der Waals surface area contributed by atoms with Gasteiger partial charge in [0.25, 0.3) is 0 Å². The van der Waals surface area contributed by atoms with E-state index in [1.165, 1.54) is 0 Å². The van der Waals surface area contributed by atoms with Gasteiger partial charge in [-0.1, -0.05) is 27.7 Å². The molecule has 0 atom stereocenters. The Balaban J connectivity index is 3.82. The van der Waals surface area contributed by atoms with Crippen molar-refractivity contribution in [2.45, 2.75) is 27.7 Å². The summed E-state index contributed by atoms with van der Waals surface area (Å²) >= 11 is 0. The number of nitrogens with one attached hydrogen (secondary N) is 1. The Kier molecular flexibility index (Phi) is 6.97. The van der Waals surface area contributed by atoms with Crippen LogP contribution < -0.4 is 5.32 Å². The van der Waals surface area contributed by atoms with E-state index in [1.807, 2.05) is 27.7 Å². The molecule has 0 heterocycles. The van der Waals surface area contributed by atoms with Gasteiger partial charge >= 0.3 is 0 Å². The van der Waals surface area contributed by atoms with Gasteiger partial charge in [0, 0.05) is 12.5 Å². The molecule has 0 aliphatic rings. The summed E-state index contributed by atoms with van der Waals surface area (Å²) in [6.07, 6.45) is 0. The fraction of sp³-hybridized carbons (Fsp3) is 0.833.